The molecule has 0 aliphatic heterocycles. The van der Waals surface area contributed by atoms with Crippen LogP contribution in [-0.4, -0.2) is 0 Å². The molecule has 0 spiro atoms. The molecular weight excluding hydrogens is 482 g/mol. The fourth-order valence-electron chi connectivity index (χ4n) is 5.08. The zero-order chi connectivity index (χ0) is 21.2. The summed E-state index contributed by atoms with van der Waals surface area (Å²) in [5.74, 6) is 1.84. The van der Waals surface area contributed by atoms with Crippen molar-refractivity contribution >= 4 is 0 Å². The molecule has 0 aromatic rings. The summed E-state index contributed by atoms with van der Waals surface area (Å²) in [7, 11) is 0. The molecule has 3 unspecified atom stereocenters. The molecule has 1 heteroatoms. The predicted octanol–water partition coefficient (Wildman–Crippen LogP) is 8.39. The van der Waals surface area contributed by atoms with Crippen molar-refractivity contribution in [3.63, 3.8) is 0 Å². The van der Waals surface area contributed by atoms with Gasteiger partial charge >= 0.3 is 189 Å². The van der Waals surface area contributed by atoms with Crippen LogP contribution in [0.3, 0.4) is 0 Å². The van der Waals surface area contributed by atoms with Crippen molar-refractivity contribution in [2.45, 2.75) is 83.1 Å². The molecule has 0 heterocycles. The molecule has 28 heavy (non-hydrogen) atoms. The zero-order valence-corrected chi connectivity index (χ0v) is 22.4. The summed E-state index contributed by atoms with van der Waals surface area (Å²) in [6.45, 7) is 28.9. The second-order valence-corrected chi connectivity index (χ2v) is 14.6. The van der Waals surface area contributed by atoms with Crippen LogP contribution in [0.15, 0.2) is 54.2 Å². The summed E-state index contributed by atoms with van der Waals surface area (Å²) in [5, 5.41) is 0. The summed E-state index contributed by atoms with van der Waals surface area (Å²) in [5.41, 5.74) is 14.4. The molecule has 3 rings (SSSR count). The SMILES string of the molecule is CC1=C(C)C(C)[C]([Gd]([C]2=C(C)C(C)=C(C)C2C)[C]2=C(C)C(C)=C(C)C2C)=C1C. The van der Waals surface area contributed by atoms with Gasteiger partial charge in [0.15, 0.2) is 0 Å². The Bertz CT molecular complexity index is 815. The third-order valence-corrected chi connectivity index (χ3v) is 17.3. The molecule has 3 aliphatic carbocycles. The Morgan fingerprint density at radius 2 is 0.607 bits per heavy atom. The molecule has 0 bridgehead atoms. The molecule has 0 saturated carbocycles. The van der Waals surface area contributed by atoms with Gasteiger partial charge in [0.1, 0.15) is 0 Å². The van der Waals surface area contributed by atoms with Gasteiger partial charge in [-0.25, -0.2) is 0 Å². The molecule has 0 saturated heterocycles. The Hall–Kier alpha value is -0.235. The Balaban J connectivity index is 2.29. The Labute approximate surface area is 187 Å². The third kappa shape index (κ3) is 3.07. The van der Waals surface area contributed by atoms with Crippen molar-refractivity contribution < 1.29 is 33.8 Å². The van der Waals surface area contributed by atoms with Gasteiger partial charge in [0, 0.05) is 0 Å². The number of rotatable bonds is 3. The molecule has 0 fully saturated rings. The van der Waals surface area contributed by atoms with Gasteiger partial charge < -0.3 is 0 Å². The first-order chi connectivity index (χ1) is 12.9. The molecule has 3 atom stereocenters. The van der Waals surface area contributed by atoms with E-state index in [9.17, 15) is 0 Å². The van der Waals surface area contributed by atoms with E-state index in [0.29, 0.717) is 17.8 Å². The summed E-state index contributed by atoms with van der Waals surface area (Å²) in [6.07, 6.45) is 0. The van der Waals surface area contributed by atoms with Gasteiger partial charge in [-0.1, -0.05) is 0 Å². The van der Waals surface area contributed by atoms with Gasteiger partial charge in [-0.05, 0) is 0 Å². The van der Waals surface area contributed by atoms with Crippen LogP contribution in [0.25, 0.3) is 0 Å². The van der Waals surface area contributed by atoms with Crippen LogP contribution in [0.5, 0.6) is 0 Å². The van der Waals surface area contributed by atoms with E-state index in [4.69, 9.17) is 0 Å². The Morgan fingerprint density at radius 1 is 0.393 bits per heavy atom. The van der Waals surface area contributed by atoms with E-state index < -0.39 is 33.8 Å². The van der Waals surface area contributed by atoms with E-state index in [0.717, 1.165) is 0 Å². The normalized spacial score (nSPS) is 29.6. The summed E-state index contributed by atoms with van der Waals surface area (Å²) in [6, 6.07) is 0. The van der Waals surface area contributed by atoms with Crippen LogP contribution in [0.1, 0.15) is 83.1 Å². The first-order valence-corrected chi connectivity index (χ1v) is 14.1. The molecular formula is C27H39Gd. The van der Waals surface area contributed by atoms with Crippen LogP contribution in [0, 0.1) is 51.6 Å². The maximum absolute atomic E-state index is 2.48. The van der Waals surface area contributed by atoms with Crippen molar-refractivity contribution in [2.75, 3.05) is 0 Å². The van der Waals surface area contributed by atoms with Gasteiger partial charge in [0.25, 0.3) is 0 Å². The van der Waals surface area contributed by atoms with E-state index in [2.05, 4.69) is 83.1 Å². The number of hydrogen-bond acceptors (Lipinski definition) is 0. The van der Waals surface area contributed by atoms with Gasteiger partial charge in [-0.2, -0.15) is 0 Å². The standard InChI is InChI=1S/3C9H13.Gd/c3*1-6-5-7(2)9(4)8(6)3;/h3*6H,1-4H3;. The van der Waals surface area contributed by atoms with Crippen molar-refractivity contribution in [3.8, 4) is 0 Å². The van der Waals surface area contributed by atoms with E-state index >= 15 is 0 Å². The Kier molecular flexibility index (Phi) is 6.24. The summed E-state index contributed by atoms with van der Waals surface area (Å²) < 4.78 is 5.53. The minimum absolute atomic E-state index is 0.613. The van der Waals surface area contributed by atoms with Gasteiger partial charge in [-0.3, -0.25) is 0 Å². The van der Waals surface area contributed by atoms with Crippen LogP contribution in [-0.2, 0) is 0 Å². The minimum atomic E-state index is -1.96. The van der Waals surface area contributed by atoms with Crippen molar-refractivity contribution in [1.82, 2.24) is 0 Å². The first kappa shape index (κ1) is 22.4. The molecule has 0 aromatic heterocycles. The van der Waals surface area contributed by atoms with Gasteiger partial charge in [0.2, 0.25) is 0 Å². The van der Waals surface area contributed by atoms with Crippen LogP contribution in [0.4, 0.5) is 0 Å². The quantitative estimate of drug-likeness (QED) is 0.350. The third-order valence-electron chi connectivity index (χ3n) is 8.14. The molecule has 0 aromatic carbocycles. The van der Waals surface area contributed by atoms with E-state index in [1.807, 2.05) is 4.06 Å². The average Bonchev–Trinajstić information content (AvgIpc) is 3.06. The molecule has 0 amide bonds. The second kappa shape index (κ2) is 7.79. The van der Waals surface area contributed by atoms with Crippen molar-refractivity contribution in [1.29, 1.82) is 0 Å². The Morgan fingerprint density at radius 3 is 0.750 bits per heavy atom. The van der Waals surface area contributed by atoms with Crippen molar-refractivity contribution in [2.24, 2.45) is 17.8 Å². The molecule has 155 valence electrons. The average molecular weight is 521 g/mol. The fraction of sp³-hybridized carbons (Fsp3) is 0.556. The maximum atomic E-state index is 2.48. The topological polar surface area (TPSA) is 0 Å². The van der Waals surface area contributed by atoms with Crippen LogP contribution < -0.4 is 0 Å². The zero-order valence-electron chi connectivity index (χ0n) is 20.1. The molecule has 3 aliphatic rings. The first-order valence-electron chi connectivity index (χ1n) is 10.7. The van der Waals surface area contributed by atoms with Crippen LogP contribution in [0.2, 0.25) is 0 Å². The second-order valence-electron chi connectivity index (χ2n) is 9.23. The fourth-order valence-corrected chi connectivity index (χ4v) is 15.3. The van der Waals surface area contributed by atoms with E-state index in [-0.39, 0.29) is 0 Å². The number of allylic oxidation sites excluding steroid dienone is 12. The van der Waals surface area contributed by atoms with Crippen LogP contribution >= 0.6 is 0 Å². The molecule has 0 nitrogen and oxygen atoms in total. The monoisotopic (exact) mass is 521 g/mol. The van der Waals surface area contributed by atoms with Crippen molar-refractivity contribution in [3.05, 3.63) is 54.2 Å². The summed E-state index contributed by atoms with van der Waals surface area (Å²) in [4.78, 5) is 0. The molecule has 0 radical (unpaired) electrons. The summed E-state index contributed by atoms with van der Waals surface area (Å²) >= 11 is -1.96. The van der Waals surface area contributed by atoms with E-state index in [1.165, 1.54) is 0 Å². The van der Waals surface area contributed by atoms with Gasteiger partial charge in [0.05, 0.1) is 0 Å². The number of hydrogen-bond donors (Lipinski definition) is 0. The predicted molar refractivity (Wildman–Crippen MR) is 121 cm³/mol. The van der Waals surface area contributed by atoms with E-state index in [1.54, 1.807) is 50.2 Å². The van der Waals surface area contributed by atoms with Gasteiger partial charge in [-0.15, -0.1) is 0 Å². The molecule has 0 N–H and O–H groups in total.